The van der Waals surface area contributed by atoms with Crippen LogP contribution in [0.5, 0.6) is 0 Å². The van der Waals surface area contributed by atoms with E-state index >= 15 is 0 Å². The number of nitrogens with zero attached hydrogens (tertiary/aromatic N) is 2. The van der Waals surface area contributed by atoms with E-state index in [0.717, 1.165) is 0 Å². The molecule has 19 heavy (non-hydrogen) atoms. The van der Waals surface area contributed by atoms with Crippen molar-refractivity contribution < 1.29 is 9.90 Å². The molecule has 0 aliphatic rings. The van der Waals surface area contributed by atoms with Crippen molar-refractivity contribution in [1.29, 1.82) is 0 Å². The number of nitrogens with one attached hydrogen (secondary N) is 1. The van der Waals surface area contributed by atoms with Crippen molar-refractivity contribution in [3.63, 3.8) is 0 Å². The second-order valence-electron chi connectivity index (χ2n) is 3.75. The van der Waals surface area contributed by atoms with Gasteiger partial charge in [0.2, 0.25) is 0 Å². The Bertz CT molecular complexity index is 824. The normalized spacial score (nSPS) is 10.7. The minimum Gasteiger partial charge on any atom is -0.477 e. The fraction of sp³-hybridized carbons (Fsp3) is 0. The summed E-state index contributed by atoms with van der Waals surface area (Å²) in [6, 6.07) is 3.39. The summed E-state index contributed by atoms with van der Waals surface area (Å²) in [5.74, 6) is -1.28. The lowest BCUT2D eigenvalue weighted by Crippen LogP contribution is -2.19. The Labute approximate surface area is 110 Å². The lowest BCUT2D eigenvalue weighted by atomic mass is 10.1. The number of rotatable bonds is 2. The molecule has 3 aromatic heterocycles. The number of hydrogen-bond acceptors (Lipinski definition) is 5. The molecule has 0 unspecified atom stereocenters. The minimum absolute atomic E-state index is 0.310. The minimum atomic E-state index is -1.28. The maximum Gasteiger partial charge on any atom is 0.342 e. The lowest BCUT2D eigenvalue weighted by molar-refractivity contribution is 0.0696. The SMILES string of the molecule is O=C(O)c1c(-c2nccs2)c2cccnc2[nH]c1=O. The maximum atomic E-state index is 11.9. The summed E-state index contributed by atoms with van der Waals surface area (Å²) in [5, 5.41) is 12.0. The summed E-state index contributed by atoms with van der Waals surface area (Å²) >= 11 is 1.28. The van der Waals surface area contributed by atoms with E-state index in [2.05, 4.69) is 15.0 Å². The highest BCUT2D eigenvalue weighted by Gasteiger charge is 2.21. The van der Waals surface area contributed by atoms with Crippen LogP contribution >= 0.6 is 11.3 Å². The van der Waals surface area contributed by atoms with Gasteiger partial charge in [-0.1, -0.05) is 0 Å². The zero-order chi connectivity index (χ0) is 13.4. The predicted molar refractivity (Wildman–Crippen MR) is 70.4 cm³/mol. The number of thiazole rings is 1. The molecule has 0 bridgehead atoms. The van der Waals surface area contributed by atoms with Crippen LogP contribution in [0.4, 0.5) is 0 Å². The molecule has 0 fully saturated rings. The third kappa shape index (κ3) is 1.80. The highest BCUT2D eigenvalue weighted by molar-refractivity contribution is 7.13. The standard InChI is InChI=1S/C12H7N3O3S/c16-10-8(12(17)18)7(11-14-4-5-19-11)6-2-1-3-13-9(6)15-10/h1-5H,(H,17,18)(H,13,15,16). The second kappa shape index (κ2) is 4.29. The van der Waals surface area contributed by atoms with E-state index in [0.29, 0.717) is 21.6 Å². The van der Waals surface area contributed by atoms with E-state index in [1.165, 1.54) is 17.5 Å². The molecule has 0 saturated heterocycles. The van der Waals surface area contributed by atoms with Crippen LogP contribution < -0.4 is 5.56 Å². The first kappa shape index (κ1) is 11.5. The number of carbonyl (C=O) groups is 1. The van der Waals surface area contributed by atoms with Crippen LogP contribution in [-0.2, 0) is 0 Å². The van der Waals surface area contributed by atoms with Crippen LogP contribution in [-0.4, -0.2) is 26.0 Å². The van der Waals surface area contributed by atoms with Crippen LogP contribution in [0.2, 0.25) is 0 Å². The number of carboxylic acid groups (broad SMARTS) is 1. The second-order valence-corrected chi connectivity index (χ2v) is 4.64. The molecular weight excluding hydrogens is 266 g/mol. The maximum absolute atomic E-state index is 11.9. The highest BCUT2D eigenvalue weighted by Crippen LogP contribution is 2.30. The molecule has 2 N–H and O–H groups in total. The molecule has 7 heteroatoms. The summed E-state index contributed by atoms with van der Waals surface area (Å²) in [5.41, 5.74) is -0.323. The summed E-state index contributed by atoms with van der Waals surface area (Å²) in [6.07, 6.45) is 3.10. The Hall–Kier alpha value is -2.54. The molecule has 0 radical (unpaired) electrons. The van der Waals surface area contributed by atoms with Gasteiger partial charge in [0.1, 0.15) is 16.2 Å². The van der Waals surface area contributed by atoms with E-state index in [-0.39, 0.29) is 5.56 Å². The molecule has 0 saturated carbocycles. The fourth-order valence-electron chi connectivity index (χ4n) is 1.90. The van der Waals surface area contributed by atoms with Crippen molar-refractivity contribution in [3.05, 3.63) is 45.8 Å². The molecule has 0 amide bonds. The number of carboxylic acids is 1. The molecule has 3 rings (SSSR count). The van der Waals surface area contributed by atoms with Crippen molar-refractivity contribution in [2.24, 2.45) is 0 Å². The molecule has 3 heterocycles. The zero-order valence-electron chi connectivity index (χ0n) is 9.45. The predicted octanol–water partition coefficient (Wildman–Crippen LogP) is 1.74. The van der Waals surface area contributed by atoms with Gasteiger partial charge in [-0.25, -0.2) is 14.8 Å². The number of aromatic carboxylic acids is 1. The smallest absolute Gasteiger partial charge is 0.342 e. The van der Waals surface area contributed by atoms with Gasteiger partial charge in [0.05, 0.1) is 0 Å². The largest absolute Gasteiger partial charge is 0.477 e. The van der Waals surface area contributed by atoms with E-state index in [1.807, 2.05) is 0 Å². The molecular formula is C12H7N3O3S. The third-order valence-corrected chi connectivity index (χ3v) is 3.44. The number of H-pyrrole nitrogens is 1. The van der Waals surface area contributed by atoms with Crippen LogP contribution in [0.3, 0.4) is 0 Å². The monoisotopic (exact) mass is 273 g/mol. The first-order valence-electron chi connectivity index (χ1n) is 5.32. The van der Waals surface area contributed by atoms with Crippen molar-refractivity contribution in [2.75, 3.05) is 0 Å². The van der Waals surface area contributed by atoms with E-state index in [4.69, 9.17) is 0 Å². The fourth-order valence-corrected chi connectivity index (χ4v) is 2.60. The lowest BCUT2D eigenvalue weighted by Gasteiger charge is -2.06. The average molecular weight is 273 g/mol. The van der Waals surface area contributed by atoms with Crippen LogP contribution in [0, 0.1) is 0 Å². The topological polar surface area (TPSA) is 95.9 Å². The van der Waals surface area contributed by atoms with Crippen LogP contribution in [0.1, 0.15) is 10.4 Å². The molecule has 0 aromatic carbocycles. The van der Waals surface area contributed by atoms with Crippen molar-refractivity contribution >= 4 is 28.3 Å². The summed E-state index contributed by atoms with van der Waals surface area (Å²) in [4.78, 5) is 33.8. The van der Waals surface area contributed by atoms with E-state index < -0.39 is 11.5 Å². The highest BCUT2D eigenvalue weighted by atomic mass is 32.1. The first-order valence-corrected chi connectivity index (χ1v) is 6.20. The summed E-state index contributed by atoms with van der Waals surface area (Å²) in [6.45, 7) is 0. The van der Waals surface area contributed by atoms with Gasteiger partial charge in [0.25, 0.3) is 5.56 Å². The van der Waals surface area contributed by atoms with Gasteiger partial charge in [-0.2, -0.15) is 0 Å². The van der Waals surface area contributed by atoms with Gasteiger partial charge in [0, 0.05) is 28.7 Å². The van der Waals surface area contributed by atoms with E-state index in [1.54, 1.807) is 23.7 Å². The Morgan fingerprint density at radius 2 is 2.16 bits per heavy atom. The van der Waals surface area contributed by atoms with E-state index in [9.17, 15) is 14.7 Å². The Balaban J connectivity index is 2.53. The van der Waals surface area contributed by atoms with Gasteiger partial charge >= 0.3 is 5.97 Å². The Morgan fingerprint density at radius 1 is 1.32 bits per heavy atom. The molecule has 94 valence electrons. The van der Waals surface area contributed by atoms with Crippen LogP contribution in [0.15, 0.2) is 34.7 Å². The zero-order valence-corrected chi connectivity index (χ0v) is 10.3. The van der Waals surface area contributed by atoms with Crippen molar-refractivity contribution in [2.45, 2.75) is 0 Å². The molecule has 0 spiro atoms. The number of pyridine rings is 2. The Morgan fingerprint density at radius 3 is 2.84 bits per heavy atom. The van der Waals surface area contributed by atoms with Gasteiger partial charge in [-0.05, 0) is 12.1 Å². The molecule has 0 aliphatic heterocycles. The van der Waals surface area contributed by atoms with Gasteiger partial charge in [0.15, 0.2) is 0 Å². The number of aromatic amines is 1. The molecule has 3 aromatic rings. The quantitative estimate of drug-likeness (QED) is 0.741. The van der Waals surface area contributed by atoms with Gasteiger partial charge in [-0.15, -0.1) is 11.3 Å². The molecule has 6 nitrogen and oxygen atoms in total. The third-order valence-electron chi connectivity index (χ3n) is 2.65. The number of hydrogen-bond donors (Lipinski definition) is 2. The number of aromatic nitrogens is 3. The first-order chi connectivity index (χ1) is 9.18. The summed E-state index contributed by atoms with van der Waals surface area (Å²) in [7, 11) is 0. The molecule has 0 aliphatic carbocycles. The van der Waals surface area contributed by atoms with Crippen molar-refractivity contribution in [1.82, 2.24) is 15.0 Å². The van der Waals surface area contributed by atoms with Gasteiger partial charge in [-0.3, -0.25) is 4.79 Å². The molecule has 0 atom stereocenters. The number of fused-ring (bicyclic) bond motifs is 1. The van der Waals surface area contributed by atoms with Gasteiger partial charge < -0.3 is 10.1 Å². The van der Waals surface area contributed by atoms with Crippen LogP contribution in [0.25, 0.3) is 21.6 Å². The average Bonchev–Trinajstić information content (AvgIpc) is 2.90. The summed E-state index contributed by atoms with van der Waals surface area (Å²) < 4.78 is 0. The van der Waals surface area contributed by atoms with Crippen molar-refractivity contribution in [3.8, 4) is 10.6 Å². The Kier molecular flexibility index (Phi) is 2.60.